The van der Waals surface area contributed by atoms with Crippen molar-refractivity contribution in [3.05, 3.63) is 59.4 Å². The van der Waals surface area contributed by atoms with Gasteiger partial charge in [0.05, 0.1) is 12.3 Å². The van der Waals surface area contributed by atoms with E-state index < -0.39 is 0 Å². The van der Waals surface area contributed by atoms with Gasteiger partial charge in [0.2, 0.25) is 0 Å². The van der Waals surface area contributed by atoms with E-state index in [0.29, 0.717) is 18.8 Å². The van der Waals surface area contributed by atoms with Crippen LogP contribution in [0.2, 0.25) is 0 Å². The number of anilines is 1. The number of hydrogen-bond acceptors (Lipinski definition) is 2. The fourth-order valence-corrected chi connectivity index (χ4v) is 2.48. The third kappa shape index (κ3) is 2.28. The van der Waals surface area contributed by atoms with Crippen molar-refractivity contribution in [1.29, 1.82) is 0 Å². The van der Waals surface area contributed by atoms with Gasteiger partial charge in [-0.2, -0.15) is 0 Å². The summed E-state index contributed by atoms with van der Waals surface area (Å²) in [6, 6.07) is 13.1. The molecule has 0 amide bonds. The zero-order chi connectivity index (χ0) is 13.2. The second-order valence-corrected chi connectivity index (χ2v) is 4.86. The highest BCUT2D eigenvalue weighted by Gasteiger charge is 2.23. The number of halogens is 1. The van der Waals surface area contributed by atoms with Crippen molar-refractivity contribution < 1.29 is 9.13 Å². The minimum absolute atomic E-state index is 0.202. The molecule has 0 bridgehead atoms. The van der Waals surface area contributed by atoms with Crippen LogP contribution in [0.5, 0.6) is 5.75 Å². The number of fused-ring (bicyclic) bond motifs is 1. The second-order valence-electron chi connectivity index (χ2n) is 4.86. The molecule has 0 spiro atoms. The maximum absolute atomic E-state index is 13.7. The summed E-state index contributed by atoms with van der Waals surface area (Å²) in [5, 5.41) is 3.21. The largest absolute Gasteiger partial charge is 0.493 e. The SMILES string of the molecule is Cc1cccc(F)c1NCC1COc2ccccc21. The van der Waals surface area contributed by atoms with Crippen LogP contribution in [0.3, 0.4) is 0 Å². The molecule has 0 aromatic heterocycles. The maximum atomic E-state index is 13.7. The summed E-state index contributed by atoms with van der Waals surface area (Å²) in [6.07, 6.45) is 0. The molecule has 1 N–H and O–H groups in total. The summed E-state index contributed by atoms with van der Waals surface area (Å²) >= 11 is 0. The second kappa shape index (κ2) is 4.92. The van der Waals surface area contributed by atoms with Gasteiger partial charge in [-0.25, -0.2) is 4.39 Å². The molecule has 1 heterocycles. The minimum Gasteiger partial charge on any atom is -0.493 e. The van der Waals surface area contributed by atoms with Gasteiger partial charge in [0, 0.05) is 18.0 Å². The molecular formula is C16H16FNO. The quantitative estimate of drug-likeness (QED) is 0.904. The first-order chi connectivity index (χ1) is 9.25. The van der Waals surface area contributed by atoms with Crippen LogP contribution in [0.25, 0.3) is 0 Å². The minimum atomic E-state index is -0.202. The van der Waals surface area contributed by atoms with Crippen LogP contribution < -0.4 is 10.1 Å². The monoisotopic (exact) mass is 257 g/mol. The Morgan fingerprint density at radius 1 is 1.21 bits per heavy atom. The van der Waals surface area contributed by atoms with Crippen LogP contribution in [0.4, 0.5) is 10.1 Å². The summed E-state index contributed by atoms with van der Waals surface area (Å²) in [5.41, 5.74) is 2.71. The van der Waals surface area contributed by atoms with Crippen molar-refractivity contribution in [3.63, 3.8) is 0 Å². The van der Waals surface area contributed by atoms with E-state index in [-0.39, 0.29) is 11.7 Å². The molecule has 2 nitrogen and oxygen atoms in total. The van der Waals surface area contributed by atoms with Crippen molar-refractivity contribution in [2.45, 2.75) is 12.8 Å². The van der Waals surface area contributed by atoms with Gasteiger partial charge in [-0.3, -0.25) is 0 Å². The molecule has 19 heavy (non-hydrogen) atoms. The van der Waals surface area contributed by atoms with Gasteiger partial charge in [0.1, 0.15) is 11.6 Å². The molecule has 0 radical (unpaired) electrons. The Hall–Kier alpha value is -2.03. The van der Waals surface area contributed by atoms with Gasteiger partial charge < -0.3 is 10.1 Å². The van der Waals surface area contributed by atoms with Gasteiger partial charge in [0.15, 0.2) is 0 Å². The lowest BCUT2D eigenvalue weighted by atomic mass is 10.0. The third-order valence-corrected chi connectivity index (χ3v) is 3.55. The number of ether oxygens (including phenoxy) is 1. The van der Waals surface area contributed by atoms with Crippen molar-refractivity contribution in [3.8, 4) is 5.75 Å². The smallest absolute Gasteiger partial charge is 0.146 e. The van der Waals surface area contributed by atoms with E-state index in [1.54, 1.807) is 6.07 Å². The fourth-order valence-electron chi connectivity index (χ4n) is 2.48. The molecule has 0 saturated carbocycles. The van der Waals surface area contributed by atoms with E-state index in [9.17, 15) is 4.39 Å². The first-order valence-corrected chi connectivity index (χ1v) is 6.46. The third-order valence-electron chi connectivity index (χ3n) is 3.55. The Morgan fingerprint density at radius 3 is 2.89 bits per heavy atom. The first-order valence-electron chi connectivity index (χ1n) is 6.46. The van der Waals surface area contributed by atoms with Gasteiger partial charge in [-0.15, -0.1) is 0 Å². The van der Waals surface area contributed by atoms with E-state index in [0.717, 1.165) is 11.3 Å². The van der Waals surface area contributed by atoms with Crippen molar-refractivity contribution in [2.75, 3.05) is 18.5 Å². The highest BCUT2D eigenvalue weighted by atomic mass is 19.1. The normalized spacial score (nSPS) is 16.8. The maximum Gasteiger partial charge on any atom is 0.146 e. The van der Waals surface area contributed by atoms with Gasteiger partial charge in [0.25, 0.3) is 0 Å². The predicted octanol–water partition coefficient (Wildman–Crippen LogP) is 3.72. The standard InChI is InChI=1S/C16H16FNO/c1-11-5-4-7-14(17)16(11)18-9-12-10-19-15-8-3-2-6-13(12)15/h2-8,12,18H,9-10H2,1H3. The molecule has 1 aliphatic heterocycles. The van der Waals surface area contributed by atoms with Crippen molar-refractivity contribution in [1.82, 2.24) is 0 Å². The Balaban J connectivity index is 1.75. The molecule has 3 rings (SSSR count). The summed E-state index contributed by atoms with van der Waals surface area (Å²) in [6.45, 7) is 3.24. The van der Waals surface area contributed by atoms with Crippen LogP contribution in [0.1, 0.15) is 17.0 Å². The lowest BCUT2D eigenvalue weighted by molar-refractivity contribution is 0.334. The summed E-state index contributed by atoms with van der Waals surface area (Å²) < 4.78 is 19.4. The Labute approximate surface area is 112 Å². The molecule has 98 valence electrons. The van der Waals surface area contributed by atoms with Crippen molar-refractivity contribution >= 4 is 5.69 Å². The van der Waals surface area contributed by atoms with Crippen LogP contribution in [0, 0.1) is 12.7 Å². The van der Waals surface area contributed by atoms with E-state index in [4.69, 9.17) is 4.74 Å². The van der Waals surface area contributed by atoms with Crippen LogP contribution in [-0.2, 0) is 0 Å². The first kappa shape index (κ1) is 12.0. The molecule has 3 heteroatoms. The lowest BCUT2D eigenvalue weighted by Gasteiger charge is -2.14. The summed E-state index contributed by atoms with van der Waals surface area (Å²) in [7, 11) is 0. The molecular weight excluding hydrogens is 241 g/mol. The molecule has 0 fully saturated rings. The molecule has 2 aromatic rings. The number of aryl methyl sites for hydroxylation is 1. The highest BCUT2D eigenvalue weighted by molar-refractivity contribution is 5.52. The number of para-hydroxylation sites is 2. The topological polar surface area (TPSA) is 21.3 Å². The fraction of sp³-hybridized carbons (Fsp3) is 0.250. The average Bonchev–Trinajstić information content (AvgIpc) is 2.82. The Bertz CT molecular complexity index is 577. The molecule has 1 unspecified atom stereocenters. The van der Waals surface area contributed by atoms with Crippen LogP contribution >= 0.6 is 0 Å². The van der Waals surface area contributed by atoms with Gasteiger partial charge in [-0.05, 0) is 24.6 Å². The van der Waals surface area contributed by atoms with Crippen molar-refractivity contribution in [2.24, 2.45) is 0 Å². The highest BCUT2D eigenvalue weighted by Crippen LogP contribution is 2.33. The van der Waals surface area contributed by atoms with E-state index in [1.165, 1.54) is 11.6 Å². The van der Waals surface area contributed by atoms with Crippen LogP contribution in [-0.4, -0.2) is 13.2 Å². The summed E-state index contributed by atoms with van der Waals surface area (Å²) in [5.74, 6) is 1.02. The van der Waals surface area contributed by atoms with Gasteiger partial charge in [-0.1, -0.05) is 30.3 Å². The predicted molar refractivity (Wildman–Crippen MR) is 74.3 cm³/mol. The summed E-state index contributed by atoms with van der Waals surface area (Å²) in [4.78, 5) is 0. The number of hydrogen-bond donors (Lipinski definition) is 1. The zero-order valence-corrected chi connectivity index (χ0v) is 10.8. The average molecular weight is 257 g/mol. The zero-order valence-electron chi connectivity index (χ0n) is 10.8. The number of rotatable bonds is 3. The number of nitrogens with one attached hydrogen (secondary N) is 1. The molecule has 0 aliphatic carbocycles. The van der Waals surface area contributed by atoms with Crippen LogP contribution in [0.15, 0.2) is 42.5 Å². The Kier molecular flexibility index (Phi) is 3.11. The number of benzene rings is 2. The van der Waals surface area contributed by atoms with E-state index in [1.807, 2.05) is 31.2 Å². The molecule has 0 saturated heterocycles. The van der Waals surface area contributed by atoms with Gasteiger partial charge >= 0.3 is 0 Å². The van der Waals surface area contributed by atoms with E-state index in [2.05, 4.69) is 11.4 Å². The molecule has 1 atom stereocenters. The molecule has 2 aromatic carbocycles. The lowest BCUT2D eigenvalue weighted by Crippen LogP contribution is -2.15. The molecule has 1 aliphatic rings. The Morgan fingerprint density at radius 2 is 2.05 bits per heavy atom. The van der Waals surface area contributed by atoms with E-state index >= 15 is 0 Å².